The zero-order valence-electron chi connectivity index (χ0n) is 8.68. The molecule has 0 fully saturated rings. The van der Waals surface area contributed by atoms with Gasteiger partial charge in [-0.15, -0.1) is 0 Å². The van der Waals surface area contributed by atoms with Crippen LogP contribution in [0.4, 0.5) is 5.69 Å². The minimum absolute atomic E-state index is 0.0614. The SMILES string of the molecule is [C-]#[N+]c1c(C)cccc1C(C)(C)C. The minimum Gasteiger partial charge on any atom is -0.238 e. The Bertz CT molecular complexity index is 350. The zero-order chi connectivity index (χ0) is 10.1. The molecule has 0 spiro atoms. The first-order valence-electron chi connectivity index (χ1n) is 4.44. The normalized spacial score (nSPS) is 11.0. The van der Waals surface area contributed by atoms with Gasteiger partial charge >= 0.3 is 0 Å². The van der Waals surface area contributed by atoms with E-state index in [1.807, 2.05) is 25.1 Å². The van der Waals surface area contributed by atoms with Crippen molar-refractivity contribution >= 4 is 5.69 Å². The van der Waals surface area contributed by atoms with Gasteiger partial charge in [0.2, 0.25) is 0 Å². The number of hydrogen-bond acceptors (Lipinski definition) is 0. The fourth-order valence-corrected chi connectivity index (χ4v) is 1.41. The van der Waals surface area contributed by atoms with E-state index in [1.165, 1.54) is 0 Å². The molecule has 0 aliphatic rings. The van der Waals surface area contributed by atoms with Gasteiger partial charge in [-0.3, -0.25) is 0 Å². The van der Waals surface area contributed by atoms with Gasteiger partial charge in [0.1, 0.15) is 0 Å². The lowest BCUT2D eigenvalue weighted by molar-refractivity contribution is 0.592. The van der Waals surface area contributed by atoms with Gasteiger partial charge in [0.15, 0.2) is 5.69 Å². The molecule has 1 aromatic carbocycles. The summed E-state index contributed by atoms with van der Waals surface area (Å²) < 4.78 is 0. The van der Waals surface area contributed by atoms with Crippen LogP contribution in [0.15, 0.2) is 18.2 Å². The smallest absolute Gasteiger partial charge is 0.193 e. The second-order valence-electron chi connectivity index (χ2n) is 4.33. The highest BCUT2D eigenvalue weighted by Crippen LogP contribution is 2.33. The van der Waals surface area contributed by atoms with Crippen LogP contribution >= 0.6 is 0 Å². The second kappa shape index (κ2) is 3.22. The molecule has 0 aromatic heterocycles. The fourth-order valence-electron chi connectivity index (χ4n) is 1.41. The van der Waals surface area contributed by atoms with Gasteiger partial charge in [0.05, 0.1) is 6.57 Å². The fraction of sp³-hybridized carbons (Fsp3) is 0.417. The van der Waals surface area contributed by atoms with Gasteiger partial charge in [-0.2, -0.15) is 0 Å². The standard InChI is InChI=1S/C12H15N/c1-9-7-6-8-10(11(9)13-5)12(2,3)4/h6-8H,1-4H3. The molecule has 0 aliphatic heterocycles. The van der Waals surface area contributed by atoms with Crippen molar-refractivity contribution in [1.82, 2.24) is 0 Å². The summed E-state index contributed by atoms with van der Waals surface area (Å²) in [5, 5.41) is 0. The van der Waals surface area contributed by atoms with Crippen LogP contribution in [0.5, 0.6) is 0 Å². The maximum absolute atomic E-state index is 7.13. The topological polar surface area (TPSA) is 4.36 Å². The van der Waals surface area contributed by atoms with Crippen LogP contribution in [0.3, 0.4) is 0 Å². The predicted octanol–water partition coefficient (Wildman–Crippen LogP) is 3.84. The third-order valence-electron chi connectivity index (χ3n) is 2.16. The molecule has 0 unspecified atom stereocenters. The van der Waals surface area contributed by atoms with Crippen LogP contribution in [0, 0.1) is 13.5 Å². The monoisotopic (exact) mass is 173 g/mol. The van der Waals surface area contributed by atoms with Crippen molar-refractivity contribution in [3.63, 3.8) is 0 Å². The summed E-state index contributed by atoms with van der Waals surface area (Å²) in [6.07, 6.45) is 0. The Morgan fingerprint density at radius 1 is 1.23 bits per heavy atom. The van der Waals surface area contributed by atoms with Crippen molar-refractivity contribution in [2.24, 2.45) is 0 Å². The minimum atomic E-state index is 0.0614. The van der Waals surface area contributed by atoms with Crippen molar-refractivity contribution in [3.8, 4) is 0 Å². The Labute approximate surface area is 80.2 Å². The molecule has 0 atom stereocenters. The predicted molar refractivity (Wildman–Crippen MR) is 56.1 cm³/mol. The highest BCUT2D eigenvalue weighted by molar-refractivity contribution is 5.60. The second-order valence-corrected chi connectivity index (χ2v) is 4.33. The van der Waals surface area contributed by atoms with E-state index in [0.717, 1.165) is 16.8 Å². The van der Waals surface area contributed by atoms with Crippen LogP contribution in [-0.4, -0.2) is 0 Å². The van der Waals surface area contributed by atoms with E-state index in [0.29, 0.717) is 0 Å². The lowest BCUT2D eigenvalue weighted by Gasteiger charge is -2.21. The number of aryl methyl sites for hydroxylation is 1. The molecule has 1 nitrogen and oxygen atoms in total. The van der Waals surface area contributed by atoms with Crippen LogP contribution in [0.2, 0.25) is 0 Å². The van der Waals surface area contributed by atoms with E-state index in [1.54, 1.807) is 0 Å². The first-order chi connectivity index (χ1) is 5.96. The summed E-state index contributed by atoms with van der Waals surface area (Å²) in [5.41, 5.74) is 3.09. The molecule has 0 radical (unpaired) electrons. The van der Waals surface area contributed by atoms with E-state index < -0.39 is 0 Å². The van der Waals surface area contributed by atoms with E-state index in [2.05, 4.69) is 25.6 Å². The van der Waals surface area contributed by atoms with Crippen LogP contribution in [0.25, 0.3) is 4.85 Å². The van der Waals surface area contributed by atoms with Crippen molar-refractivity contribution < 1.29 is 0 Å². The third kappa shape index (κ3) is 1.89. The quantitative estimate of drug-likeness (QED) is 0.525. The third-order valence-corrected chi connectivity index (χ3v) is 2.16. The molecule has 13 heavy (non-hydrogen) atoms. The summed E-state index contributed by atoms with van der Waals surface area (Å²) >= 11 is 0. The molecule has 1 rings (SSSR count). The molecule has 0 amide bonds. The average Bonchev–Trinajstić information content (AvgIpc) is 2.02. The van der Waals surface area contributed by atoms with Gasteiger partial charge < -0.3 is 0 Å². The maximum atomic E-state index is 7.13. The Kier molecular flexibility index (Phi) is 2.43. The molecule has 1 aromatic rings. The summed E-state index contributed by atoms with van der Waals surface area (Å²) in [4.78, 5) is 3.59. The molecule has 0 aliphatic carbocycles. The van der Waals surface area contributed by atoms with Crippen LogP contribution in [-0.2, 0) is 5.41 Å². The zero-order valence-corrected chi connectivity index (χ0v) is 8.68. The average molecular weight is 173 g/mol. The lowest BCUT2D eigenvalue weighted by atomic mass is 9.85. The highest BCUT2D eigenvalue weighted by atomic mass is 14.7. The number of para-hydroxylation sites is 1. The highest BCUT2D eigenvalue weighted by Gasteiger charge is 2.18. The van der Waals surface area contributed by atoms with Crippen molar-refractivity contribution in [2.45, 2.75) is 33.1 Å². The summed E-state index contributed by atoms with van der Waals surface area (Å²) in [6, 6.07) is 6.05. The number of benzene rings is 1. The van der Waals surface area contributed by atoms with Gasteiger partial charge in [0.25, 0.3) is 0 Å². The Morgan fingerprint density at radius 3 is 2.23 bits per heavy atom. The molecular weight excluding hydrogens is 158 g/mol. The van der Waals surface area contributed by atoms with Crippen molar-refractivity contribution in [3.05, 3.63) is 40.7 Å². The summed E-state index contributed by atoms with van der Waals surface area (Å²) in [6.45, 7) is 15.5. The lowest BCUT2D eigenvalue weighted by Crippen LogP contribution is -2.11. The molecule has 0 saturated carbocycles. The molecule has 68 valence electrons. The van der Waals surface area contributed by atoms with E-state index >= 15 is 0 Å². The van der Waals surface area contributed by atoms with Crippen LogP contribution < -0.4 is 0 Å². The Balaban J connectivity index is 3.40. The van der Waals surface area contributed by atoms with Crippen molar-refractivity contribution in [1.29, 1.82) is 0 Å². The maximum Gasteiger partial charge on any atom is 0.193 e. The van der Waals surface area contributed by atoms with Crippen LogP contribution in [0.1, 0.15) is 31.9 Å². The largest absolute Gasteiger partial charge is 0.238 e. The summed E-state index contributed by atoms with van der Waals surface area (Å²) in [7, 11) is 0. The number of nitrogens with zero attached hydrogens (tertiary/aromatic N) is 1. The Morgan fingerprint density at radius 2 is 1.85 bits per heavy atom. The Hall–Kier alpha value is -1.29. The van der Waals surface area contributed by atoms with Gasteiger partial charge in [-0.1, -0.05) is 39.0 Å². The number of rotatable bonds is 0. The molecule has 0 saturated heterocycles. The molecule has 0 heterocycles. The van der Waals surface area contributed by atoms with Crippen molar-refractivity contribution in [2.75, 3.05) is 0 Å². The molecular formula is C12H15N. The first kappa shape index (κ1) is 9.80. The summed E-state index contributed by atoms with van der Waals surface area (Å²) in [5.74, 6) is 0. The molecule has 0 N–H and O–H groups in total. The van der Waals surface area contributed by atoms with Gasteiger partial charge in [-0.05, 0) is 23.5 Å². The molecule has 1 heteroatoms. The van der Waals surface area contributed by atoms with E-state index in [4.69, 9.17) is 6.57 Å². The molecule has 0 bridgehead atoms. The van der Waals surface area contributed by atoms with E-state index in [-0.39, 0.29) is 5.41 Å². The van der Waals surface area contributed by atoms with E-state index in [9.17, 15) is 0 Å². The van der Waals surface area contributed by atoms with Gasteiger partial charge in [0, 0.05) is 0 Å². The number of hydrogen-bond donors (Lipinski definition) is 0. The first-order valence-corrected chi connectivity index (χ1v) is 4.44. The van der Waals surface area contributed by atoms with Gasteiger partial charge in [-0.25, -0.2) is 4.85 Å².